The van der Waals surface area contributed by atoms with Gasteiger partial charge in [0, 0.05) is 12.8 Å². The van der Waals surface area contributed by atoms with E-state index in [2.05, 4.69) is 10.9 Å². The number of hydrogen-bond acceptors (Lipinski definition) is 5. The van der Waals surface area contributed by atoms with Crippen molar-refractivity contribution >= 4 is 41.0 Å². The molecule has 0 aliphatic heterocycles. The quantitative estimate of drug-likeness (QED) is 0.391. The summed E-state index contributed by atoms with van der Waals surface area (Å²) in [5.41, 5.74) is 3.03. The molecule has 0 spiro atoms. The second kappa shape index (κ2) is 11.9. The van der Waals surface area contributed by atoms with Crippen LogP contribution in [-0.4, -0.2) is 30.3 Å². The zero-order valence-electron chi connectivity index (χ0n) is 17.0. The first-order chi connectivity index (χ1) is 15.6. The van der Waals surface area contributed by atoms with Gasteiger partial charge in [0.05, 0.1) is 21.8 Å². The molecule has 3 amide bonds. The molecule has 12 heteroatoms. The Bertz CT molecular complexity index is 1030. The number of benzene rings is 2. The smallest absolute Gasteiger partial charge is 0.418 e. The van der Waals surface area contributed by atoms with E-state index in [1.54, 1.807) is 12.1 Å². The largest absolute Gasteiger partial charge is 0.456 e. The fourth-order valence-electron chi connectivity index (χ4n) is 2.54. The molecule has 33 heavy (non-hydrogen) atoms. The number of hydrazine groups is 1. The number of rotatable bonds is 8. The molecular weight excluding hydrogens is 467 g/mol. The van der Waals surface area contributed by atoms with E-state index in [0.29, 0.717) is 0 Å². The van der Waals surface area contributed by atoms with Crippen molar-refractivity contribution in [3.63, 3.8) is 0 Å². The fraction of sp³-hybridized carbons (Fsp3) is 0.238. The highest BCUT2D eigenvalue weighted by atomic mass is 35.5. The van der Waals surface area contributed by atoms with Crippen LogP contribution in [0.5, 0.6) is 0 Å². The van der Waals surface area contributed by atoms with Crippen LogP contribution in [0.15, 0.2) is 48.5 Å². The lowest BCUT2D eigenvalue weighted by molar-refractivity contribution is -0.147. The molecule has 176 valence electrons. The maximum atomic E-state index is 12.9. The lowest BCUT2D eigenvalue weighted by Crippen LogP contribution is -2.41. The molecule has 0 bridgehead atoms. The highest BCUT2D eigenvalue weighted by molar-refractivity contribution is 6.33. The van der Waals surface area contributed by atoms with Gasteiger partial charge >= 0.3 is 12.1 Å². The standard InChI is InChI=1S/C21H19ClF3N3O5/c22-15-8-3-1-6-13(15)20(32)28-27-17(29)10-5-11-19(31)33-12-18(30)26-16-9-4-2-7-14(16)21(23,24)25/h1-4,6-9H,5,10-12H2,(H,26,30)(H,27,29)(H,28,32). The number of ether oxygens (including phenoxy) is 1. The van der Waals surface area contributed by atoms with Crippen molar-refractivity contribution in [1.29, 1.82) is 0 Å². The predicted molar refractivity (Wildman–Crippen MR) is 112 cm³/mol. The third-order valence-corrected chi connectivity index (χ3v) is 4.42. The van der Waals surface area contributed by atoms with Crippen LogP contribution < -0.4 is 16.2 Å². The van der Waals surface area contributed by atoms with E-state index in [1.165, 1.54) is 24.3 Å². The summed E-state index contributed by atoms with van der Waals surface area (Å²) in [7, 11) is 0. The summed E-state index contributed by atoms with van der Waals surface area (Å²) < 4.78 is 43.5. The van der Waals surface area contributed by atoms with Gasteiger partial charge in [-0.1, -0.05) is 35.9 Å². The first kappa shape index (κ1) is 25.7. The van der Waals surface area contributed by atoms with E-state index in [0.717, 1.165) is 12.1 Å². The number of nitrogens with one attached hydrogen (secondary N) is 3. The van der Waals surface area contributed by atoms with Crippen LogP contribution in [0.3, 0.4) is 0 Å². The van der Waals surface area contributed by atoms with Gasteiger partial charge in [0.25, 0.3) is 11.8 Å². The van der Waals surface area contributed by atoms with Gasteiger partial charge in [-0.2, -0.15) is 13.2 Å². The van der Waals surface area contributed by atoms with Gasteiger partial charge in [0.1, 0.15) is 0 Å². The minimum Gasteiger partial charge on any atom is -0.456 e. The Morgan fingerprint density at radius 2 is 1.55 bits per heavy atom. The monoisotopic (exact) mass is 485 g/mol. The van der Waals surface area contributed by atoms with Gasteiger partial charge in [0.15, 0.2) is 6.61 Å². The van der Waals surface area contributed by atoms with E-state index in [1.807, 2.05) is 5.32 Å². The van der Waals surface area contributed by atoms with Gasteiger partial charge in [-0.25, -0.2) is 0 Å². The second-order valence-corrected chi connectivity index (χ2v) is 7.00. The summed E-state index contributed by atoms with van der Waals surface area (Å²) in [5.74, 6) is -2.96. The molecule has 0 unspecified atom stereocenters. The molecule has 0 radical (unpaired) electrons. The van der Waals surface area contributed by atoms with Crippen molar-refractivity contribution in [2.75, 3.05) is 11.9 Å². The summed E-state index contributed by atoms with van der Waals surface area (Å²) in [5, 5.41) is 2.25. The molecule has 2 aromatic carbocycles. The number of carbonyl (C=O) groups is 4. The van der Waals surface area contributed by atoms with Crippen LogP contribution in [-0.2, 0) is 25.3 Å². The molecule has 0 heterocycles. The maximum absolute atomic E-state index is 12.9. The molecule has 3 N–H and O–H groups in total. The Kier molecular flexibility index (Phi) is 9.22. The Balaban J connectivity index is 1.67. The van der Waals surface area contributed by atoms with Crippen LogP contribution in [0.1, 0.15) is 35.2 Å². The number of anilines is 1. The maximum Gasteiger partial charge on any atom is 0.418 e. The number of esters is 1. The Labute approximate surface area is 191 Å². The van der Waals surface area contributed by atoms with Crippen LogP contribution in [0.2, 0.25) is 5.02 Å². The second-order valence-electron chi connectivity index (χ2n) is 6.59. The summed E-state index contributed by atoms with van der Waals surface area (Å²) in [6.45, 7) is -0.787. The third kappa shape index (κ3) is 8.45. The molecule has 8 nitrogen and oxygen atoms in total. The number of carbonyl (C=O) groups excluding carboxylic acids is 4. The molecule has 0 aliphatic rings. The van der Waals surface area contributed by atoms with E-state index >= 15 is 0 Å². The molecule has 0 saturated heterocycles. The zero-order valence-corrected chi connectivity index (χ0v) is 17.8. The van der Waals surface area contributed by atoms with Gasteiger partial charge in [0.2, 0.25) is 5.91 Å². The van der Waals surface area contributed by atoms with Crippen molar-refractivity contribution < 1.29 is 37.1 Å². The van der Waals surface area contributed by atoms with Crippen molar-refractivity contribution in [3.8, 4) is 0 Å². The zero-order chi connectivity index (χ0) is 24.4. The van der Waals surface area contributed by atoms with Crippen molar-refractivity contribution in [2.24, 2.45) is 0 Å². The molecule has 0 saturated carbocycles. The van der Waals surface area contributed by atoms with Crippen LogP contribution >= 0.6 is 11.6 Å². The van der Waals surface area contributed by atoms with E-state index in [9.17, 15) is 32.3 Å². The minimum absolute atomic E-state index is 0.0468. The molecule has 0 aliphatic carbocycles. The predicted octanol–water partition coefficient (Wildman–Crippen LogP) is 3.47. The number of hydrogen-bond donors (Lipinski definition) is 3. The highest BCUT2D eigenvalue weighted by Crippen LogP contribution is 2.34. The van der Waals surface area contributed by atoms with E-state index in [4.69, 9.17) is 16.3 Å². The normalized spacial score (nSPS) is 10.8. The molecule has 2 rings (SSSR count). The summed E-state index contributed by atoms with van der Waals surface area (Å²) in [6, 6.07) is 10.6. The van der Waals surface area contributed by atoms with Gasteiger partial charge < -0.3 is 10.1 Å². The van der Waals surface area contributed by atoms with Crippen molar-refractivity contribution in [2.45, 2.75) is 25.4 Å². The summed E-state index contributed by atoms with van der Waals surface area (Å²) >= 11 is 5.87. The van der Waals surface area contributed by atoms with Gasteiger partial charge in [-0.05, 0) is 30.7 Å². The molecular formula is C21H19ClF3N3O5. The topological polar surface area (TPSA) is 114 Å². The van der Waals surface area contributed by atoms with Crippen LogP contribution in [0.25, 0.3) is 0 Å². The SMILES string of the molecule is O=C(CCCC(=O)OCC(=O)Nc1ccccc1C(F)(F)F)NNC(=O)c1ccccc1Cl. The Morgan fingerprint density at radius 3 is 2.24 bits per heavy atom. The number of amides is 3. The lowest BCUT2D eigenvalue weighted by atomic mass is 10.1. The first-order valence-electron chi connectivity index (χ1n) is 9.53. The van der Waals surface area contributed by atoms with Crippen molar-refractivity contribution in [1.82, 2.24) is 10.9 Å². The number of halogens is 4. The first-order valence-corrected chi connectivity index (χ1v) is 9.91. The molecule has 2 aromatic rings. The lowest BCUT2D eigenvalue weighted by Gasteiger charge is -2.13. The van der Waals surface area contributed by atoms with Gasteiger partial charge in [-0.3, -0.25) is 30.0 Å². The Hall–Kier alpha value is -3.60. The number of para-hydroxylation sites is 1. The fourth-order valence-corrected chi connectivity index (χ4v) is 2.76. The molecule has 0 fully saturated rings. The average Bonchev–Trinajstić information content (AvgIpc) is 2.76. The average molecular weight is 486 g/mol. The summed E-state index contributed by atoms with van der Waals surface area (Å²) in [4.78, 5) is 47.2. The Morgan fingerprint density at radius 1 is 0.879 bits per heavy atom. The van der Waals surface area contributed by atoms with Crippen molar-refractivity contribution in [3.05, 3.63) is 64.7 Å². The molecule has 0 aromatic heterocycles. The van der Waals surface area contributed by atoms with Crippen LogP contribution in [0.4, 0.5) is 18.9 Å². The third-order valence-electron chi connectivity index (χ3n) is 4.09. The number of alkyl halides is 3. The minimum atomic E-state index is -4.66. The van der Waals surface area contributed by atoms with E-state index < -0.39 is 47.7 Å². The summed E-state index contributed by atoms with van der Waals surface area (Å²) in [6.07, 6.45) is -4.97. The highest BCUT2D eigenvalue weighted by Gasteiger charge is 2.33. The van der Waals surface area contributed by atoms with Gasteiger partial charge in [-0.15, -0.1) is 0 Å². The van der Waals surface area contributed by atoms with E-state index in [-0.39, 0.29) is 29.8 Å². The van der Waals surface area contributed by atoms with Crippen LogP contribution in [0, 0.1) is 0 Å². The molecule has 0 atom stereocenters.